The number of hydrogen-bond acceptors (Lipinski definition) is 24. The van der Waals surface area contributed by atoms with Crippen molar-refractivity contribution in [2.45, 2.75) is 99.9 Å². The van der Waals surface area contributed by atoms with Gasteiger partial charge in [-0.15, -0.1) is 0 Å². The zero-order valence-corrected chi connectivity index (χ0v) is 57.1. The topological polar surface area (TPSA) is 373 Å². The molecule has 2 aliphatic rings. The fourth-order valence-electron chi connectivity index (χ4n) is 7.68. The van der Waals surface area contributed by atoms with Crippen molar-refractivity contribution < 1.29 is 145 Å². The first-order valence-electron chi connectivity index (χ1n) is 26.4. The Bertz CT molecular complexity index is 3090. The predicted octanol–water partition coefficient (Wildman–Crippen LogP) is 6.12. The van der Waals surface area contributed by atoms with E-state index in [2.05, 4.69) is 43.8 Å². The van der Waals surface area contributed by atoms with E-state index in [4.69, 9.17) is 73.5 Å². The fraction of sp³-hybridized carbons (Fsp3) is 0.357. The zero-order chi connectivity index (χ0) is 62.8. The monoisotopic (exact) mass is 1610 g/mol. The number of halogens is 4. The minimum absolute atomic E-state index is 0. The molecule has 0 spiro atoms. The van der Waals surface area contributed by atoms with E-state index >= 15 is 0 Å². The van der Waals surface area contributed by atoms with Crippen molar-refractivity contribution in [2.24, 2.45) is 0 Å². The molecule has 0 amide bonds. The summed E-state index contributed by atoms with van der Waals surface area (Å²) in [5.74, 6) is -8.95. The molecule has 478 valence electrons. The molecular weight excluding hydrogens is 1550 g/mol. The van der Waals surface area contributed by atoms with E-state index in [-0.39, 0.29) is 150 Å². The number of alkyl halides is 4. The Hall–Kier alpha value is -4.63. The minimum Gasteiger partial charge on any atom is -0.545 e. The van der Waals surface area contributed by atoms with Crippen LogP contribution in [0.25, 0.3) is 45.3 Å². The molecule has 0 radical (unpaired) electrons. The van der Waals surface area contributed by atoms with Gasteiger partial charge in [0.05, 0.1) is 83.2 Å². The standard InChI is InChI=1S/2C18H11N3O6.2C10H19Cl2O3P.3Ru/c2*22-16(23)9-1-4-19-12(7-9)14-11(18(26)27)3-6-21-15(14)13-8-10(17(24)25)2-5-20-13;2*1-2-3-4-5-6-7-8-13-16-14-9-10(11,12)15-16;;;/h2*1-8H,(H,22,23)(H,24,25)(H,26,27);2*2-9H2,1H3;;;/q;;;;3*+2/p-6. The Morgan fingerprint density at radius 2 is 0.708 bits per heavy atom. The summed E-state index contributed by atoms with van der Waals surface area (Å²) >= 11 is 22.9. The predicted molar refractivity (Wildman–Crippen MR) is 303 cm³/mol. The summed E-state index contributed by atoms with van der Waals surface area (Å²) < 4.78 is 29.0. The van der Waals surface area contributed by atoms with Crippen molar-refractivity contribution >= 4 is 99.4 Å². The molecule has 0 bridgehead atoms. The fourth-order valence-corrected chi connectivity index (χ4v) is 10.9. The Kier molecular flexibility index (Phi) is 37.1. The number of unbranched alkanes of at least 4 members (excludes halogenated alkanes) is 10. The molecule has 24 nitrogen and oxygen atoms in total. The van der Waals surface area contributed by atoms with E-state index in [9.17, 15) is 59.4 Å². The van der Waals surface area contributed by atoms with E-state index in [1.54, 1.807) is 0 Å². The van der Waals surface area contributed by atoms with E-state index < -0.39 is 62.1 Å². The van der Waals surface area contributed by atoms with Crippen molar-refractivity contribution in [1.29, 1.82) is 0 Å². The molecule has 89 heavy (non-hydrogen) atoms. The molecule has 33 heteroatoms. The first-order chi connectivity index (χ1) is 41.0. The Labute approximate surface area is 572 Å². The number of carbonyl (C=O) groups excluding carboxylic acids is 6. The van der Waals surface area contributed by atoms with Crippen molar-refractivity contribution in [3.63, 3.8) is 0 Å². The smallest absolute Gasteiger partial charge is 0.545 e. The number of nitrogens with zero attached hydrogens (tertiary/aromatic N) is 6. The summed E-state index contributed by atoms with van der Waals surface area (Å²) in [6.07, 6.45) is 21.9. The number of rotatable bonds is 26. The summed E-state index contributed by atoms with van der Waals surface area (Å²) in [5.41, 5.74) is -1.60. The maximum absolute atomic E-state index is 11.6. The van der Waals surface area contributed by atoms with Gasteiger partial charge in [-0.1, -0.05) is 124 Å². The van der Waals surface area contributed by atoms with E-state index in [1.807, 2.05) is 0 Å². The van der Waals surface area contributed by atoms with Gasteiger partial charge in [0.15, 0.2) is 0 Å². The van der Waals surface area contributed by atoms with Crippen LogP contribution in [0.15, 0.2) is 97.8 Å². The van der Waals surface area contributed by atoms with Crippen LogP contribution in [0.5, 0.6) is 0 Å². The maximum atomic E-state index is 11.6. The van der Waals surface area contributed by atoms with E-state index in [1.165, 1.54) is 126 Å². The molecule has 2 saturated heterocycles. The Balaban J connectivity index is 0.000000412. The third kappa shape index (κ3) is 26.9. The van der Waals surface area contributed by atoms with Crippen LogP contribution >= 0.6 is 63.6 Å². The van der Waals surface area contributed by atoms with Crippen LogP contribution in [0.2, 0.25) is 0 Å². The SMILES string of the molecule is CCCCCCCCOP1OCC(Cl)(Cl)O1.CCCCCCCCOP1OCC(Cl)(Cl)O1.O=C([O-])c1ccnc(-c2nccc(C(=O)[O-])c2-c2cc(C(=O)[O-])ccn2)c1.O=C([O-])c1ccnc(-c2nccc(C(=O)[O-])c2-c2cc(C(=O)[O-])ccn2)c1.[Ru+2].[Ru+2].[Ru+2]. The molecule has 0 N–H and O–H groups in total. The van der Waals surface area contributed by atoms with Gasteiger partial charge >= 0.3 is 75.6 Å². The number of hydrogen-bond donors (Lipinski definition) is 0. The summed E-state index contributed by atoms with van der Waals surface area (Å²) in [4.78, 5) is 91.7. The largest absolute Gasteiger partial charge is 2.00 e. The molecule has 2 fully saturated rings. The van der Waals surface area contributed by atoms with Crippen LogP contribution in [-0.4, -0.2) is 101 Å². The Morgan fingerprint density at radius 3 is 0.989 bits per heavy atom. The van der Waals surface area contributed by atoms with Gasteiger partial charge in [0.25, 0.3) is 0 Å². The Morgan fingerprint density at radius 1 is 0.427 bits per heavy atom. The summed E-state index contributed by atoms with van der Waals surface area (Å²) in [6, 6.07) is 11.6. The van der Waals surface area contributed by atoms with Crippen molar-refractivity contribution in [3.8, 4) is 45.3 Å². The molecule has 0 aromatic carbocycles. The molecule has 8 rings (SSSR count). The van der Waals surface area contributed by atoms with Crippen LogP contribution in [0, 0.1) is 0 Å². The second-order valence-corrected chi connectivity index (χ2v) is 23.4. The van der Waals surface area contributed by atoms with Crippen LogP contribution in [0.4, 0.5) is 0 Å². The number of carboxylic acid groups (broad SMARTS) is 6. The second-order valence-electron chi connectivity index (χ2n) is 18.3. The van der Waals surface area contributed by atoms with Gasteiger partial charge in [-0.2, -0.15) is 0 Å². The van der Waals surface area contributed by atoms with Crippen LogP contribution < -0.4 is 30.6 Å². The third-order valence-corrected chi connectivity index (χ3v) is 15.4. The number of carbonyl (C=O) groups is 6. The first kappa shape index (κ1) is 80.5. The van der Waals surface area contributed by atoms with Crippen LogP contribution in [0.3, 0.4) is 0 Å². The normalized spacial score (nSPS) is 14.9. The van der Waals surface area contributed by atoms with E-state index in [0.717, 1.165) is 49.2 Å². The average Bonchev–Trinajstić information content (AvgIpc) is 2.06. The van der Waals surface area contributed by atoms with E-state index in [0.29, 0.717) is 13.2 Å². The molecule has 6 aromatic rings. The summed E-state index contributed by atoms with van der Waals surface area (Å²) in [5, 5.41) is 67.5. The molecule has 8 heterocycles. The third-order valence-electron chi connectivity index (χ3n) is 11.8. The van der Waals surface area contributed by atoms with Gasteiger partial charge in [-0.25, -0.2) is 0 Å². The van der Waals surface area contributed by atoms with Gasteiger partial charge in [0.2, 0.25) is 9.04 Å². The van der Waals surface area contributed by atoms with Gasteiger partial charge in [-0.05, 0) is 73.5 Å². The van der Waals surface area contributed by atoms with Gasteiger partial charge < -0.3 is 77.5 Å². The van der Waals surface area contributed by atoms with Crippen LogP contribution in [0.1, 0.15) is 153 Å². The number of carboxylic acids is 6. The van der Waals surface area contributed by atoms with Crippen molar-refractivity contribution in [1.82, 2.24) is 29.9 Å². The van der Waals surface area contributed by atoms with Gasteiger partial charge in [-0.3, -0.25) is 39.0 Å². The number of pyridine rings is 6. The molecule has 2 aliphatic heterocycles. The zero-order valence-electron chi connectivity index (χ0n) is 47.1. The number of aromatic nitrogens is 6. The molecule has 2 atom stereocenters. The quantitative estimate of drug-likeness (QED) is 0.0255. The molecule has 0 saturated carbocycles. The van der Waals surface area contributed by atoms with Gasteiger partial charge in [0, 0.05) is 81.7 Å². The second kappa shape index (κ2) is 41.1. The van der Waals surface area contributed by atoms with Crippen molar-refractivity contribution in [2.75, 3.05) is 26.4 Å². The number of aromatic carboxylic acids is 6. The molecule has 2 unspecified atom stereocenters. The molecule has 0 aliphatic carbocycles. The maximum Gasteiger partial charge on any atom is 2.00 e. The summed E-state index contributed by atoms with van der Waals surface area (Å²) in [6.45, 7) is 6.09. The first-order valence-corrected chi connectivity index (χ1v) is 30.1. The van der Waals surface area contributed by atoms with Gasteiger partial charge in [0.1, 0.15) is 13.2 Å². The molecular formula is C56H54Cl4N6O18P2Ru3. The average molecular weight is 1610 g/mol. The van der Waals surface area contributed by atoms with Crippen molar-refractivity contribution in [3.05, 3.63) is 131 Å². The molecule has 6 aromatic heterocycles. The minimum atomic E-state index is -1.55. The summed E-state index contributed by atoms with van der Waals surface area (Å²) in [7, 11) is -2.65. The van der Waals surface area contributed by atoms with Crippen LogP contribution in [-0.2, 0) is 85.6 Å².